The number of halogens is 1. The normalized spacial score (nSPS) is 10.2. The van der Waals surface area contributed by atoms with E-state index in [9.17, 15) is 9.18 Å². The Morgan fingerprint density at radius 3 is 2.76 bits per heavy atom. The number of benzene rings is 1. The van der Waals surface area contributed by atoms with E-state index < -0.39 is 0 Å². The van der Waals surface area contributed by atoms with E-state index in [-0.39, 0.29) is 11.7 Å². The van der Waals surface area contributed by atoms with Crippen LogP contribution in [-0.4, -0.2) is 12.5 Å². The van der Waals surface area contributed by atoms with E-state index in [1.807, 2.05) is 6.07 Å². The van der Waals surface area contributed by atoms with E-state index >= 15 is 0 Å². The molecule has 0 spiro atoms. The molecule has 0 saturated heterocycles. The molecule has 1 aromatic rings. The average molecular weight is 237 g/mol. The summed E-state index contributed by atoms with van der Waals surface area (Å²) in [7, 11) is 0. The molecule has 17 heavy (non-hydrogen) atoms. The fourth-order valence-corrected chi connectivity index (χ4v) is 1.66. The van der Waals surface area contributed by atoms with Gasteiger partial charge in [-0.15, -0.1) is 0 Å². The summed E-state index contributed by atoms with van der Waals surface area (Å²) in [4.78, 5) is 11.4. The van der Waals surface area contributed by atoms with Crippen molar-refractivity contribution in [3.63, 3.8) is 0 Å². The van der Waals surface area contributed by atoms with E-state index in [2.05, 4.69) is 12.2 Å². The minimum Gasteiger partial charge on any atom is -0.356 e. The molecule has 1 rings (SSSR count). The topological polar surface area (TPSA) is 29.1 Å². The van der Waals surface area contributed by atoms with Crippen LogP contribution in [0.4, 0.5) is 4.39 Å². The van der Waals surface area contributed by atoms with Crippen molar-refractivity contribution in [2.45, 2.75) is 39.0 Å². The third kappa shape index (κ3) is 5.48. The average Bonchev–Trinajstić information content (AvgIpc) is 2.32. The minimum atomic E-state index is -0.201. The largest absolute Gasteiger partial charge is 0.356 e. The second-order valence-electron chi connectivity index (χ2n) is 4.15. The van der Waals surface area contributed by atoms with Gasteiger partial charge in [0.05, 0.1) is 0 Å². The van der Waals surface area contributed by atoms with Gasteiger partial charge in [-0.25, -0.2) is 4.39 Å². The lowest BCUT2D eigenvalue weighted by molar-refractivity contribution is -0.121. The summed E-state index contributed by atoms with van der Waals surface area (Å²) in [5.74, 6) is -0.137. The third-order valence-corrected chi connectivity index (χ3v) is 2.68. The summed E-state index contributed by atoms with van der Waals surface area (Å²) >= 11 is 0. The highest BCUT2D eigenvalue weighted by Gasteiger charge is 2.02. The molecule has 94 valence electrons. The predicted molar refractivity (Wildman–Crippen MR) is 67.3 cm³/mol. The zero-order valence-electron chi connectivity index (χ0n) is 10.3. The van der Waals surface area contributed by atoms with Crippen molar-refractivity contribution in [2.75, 3.05) is 6.54 Å². The molecule has 0 radical (unpaired) electrons. The lowest BCUT2D eigenvalue weighted by Gasteiger charge is -2.05. The highest BCUT2D eigenvalue weighted by atomic mass is 19.1. The zero-order chi connectivity index (χ0) is 12.5. The van der Waals surface area contributed by atoms with Crippen molar-refractivity contribution in [3.05, 3.63) is 35.6 Å². The number of carbonyl (C=O) groups excluding carboxylic acids is 1. The maximum absolute atomic E-state index is 13.2. The molecule has 0 unspecified atom stereocenters. The van der Waals surface area contributed by atoms with Crippen LogP contribution in [0.2, 0.25) is 0 Å². The van der Waals surface area contributed by atoms with Gasteiger partial charge in [0.2, 0.25) is 5.91 Å². The van der Waals surface area contributed by atoms with E-state index in [4.69, 9.17) is 0 Å². The van der Waals surface area contributed by atoms with Crippen LogP contribution in [0.3, 0.4) is 0 Å². The Kier molecular flexibility index (Phi) is 6.30. The highest BCUT2D eigenvalue weighted by molar-refractivity contribution is 5.75. The fourth-order valence-electron chi connectivity index (χ4n) is 1.66. The van der Waals surface area contributed by atoms with Crippen molar-refractivity contribution in [3.8, 4) is 0 Å². The number of carbonyl (C=O) groups is 1. The first-order valence-corrected chi connectivity index (χ1v) is 6.24. The van der Waals surface area contributed by atoms with E-state index in [0.717, 1.165) is 19.3 Å². The predicted octanol–water partition coefficient (Wildman–Crippen LogP) is 3.06. The summed E-state index contributed by atoms with van der Waals surface area (Å²) in [5, 5.41) is 2.81. The van der Waals surface area contributed by atoms with Crippen LogP contribution >= 0.6 is 0 Å². The van der Waals surface area contributed by atoms with Gasteiger partial charge in [0, 0.05) is 13.0 Å². The number of hydrogen-bond donors (Lipinski definition) is 1. The summed E-state index contributed by atoms with van der Waals surface area (Å²) in [6.45, 7) is 2.61. The molecular formula is C14H20FNO. The van der Waals surface area contributed by atoms with E-state index in [1.165, 1.54) is 6.07 Å². The molecule has 1 N–H and O–H groups in total. The lowest BCUT2D eigenvalue weighted by atomic mass is 10.1. The zero-order valence-corrected chi connectivity index (χ0v) is 10.3. The standard InChI is InChI=1S/C14H20FNO/c1-2-3-4-9-14(17)16-11-10-12-7-5-6-8-13(12)15/h5-8H,2-4,9-11H2,1H3,(H,16,17). The molecule has 2 nitrogen and oxygen atoms in total. The summed E-state index contributed by atoms with van der Waals surface area (Å²) in [6.07, 6.45) is 4.25. The Hall–Kier alpha value is -1.38. The first kappa shape index (κ1) is 13.7. The van der Waals surface area contributed by atoms with Crippen molar-refractivity contribution >= 4 is 5.91 Å². The number of hydrogen-bond acceptors (Lipinski definition) is 1. The van der Waals surface area contributed by atoms with Crippen molar-refractivity contribution in [1.29, 1.82) is 0 Å². The van der Waals surface area contributed by atoms with Crippen LogP contribution in [0.1, 0.15) is 38.2 Å². The van der Waals surface area contributed by atoms with Gasteiger partial charge in [-0.2, -0.15) is 0 Å². The van der Waals surface area contributed by atoms with Gasteiger partial charge in [-0.05, 0) is 24.5 Å². The Labute approximate surface area is 102 Å². The van der Waals surface area contributed by atoms with Gasteiger partial charge in [-0.1, -0.05) is 38.0 Å². The second kappa shape index (κ2) is 7.82. The summed E-state index contributed by atoms with van der Waals surface area (Å²) in [5.41, 5.74) is 0.654. The minimum absolute atomic E-state index is 0.0646. The van der Waals surface area contributed by atoms with Crippen LogP contribution < -0.4 is 5.32 Å². The smallest absolute Gasteiger partial charge is 0.220 e. The lowest BCUT2D eigenvalue weighted by Crippen LogP contribution is -2.25. The second-order valence-corrected chi connectivity index (χ2v) is 4.15. The molecule has 0 aliphatic carbocycles. The molecule has 0 heterocycles. The molecule has 0 aliphatic rings. The molecule has 0 aromatic heterocycles. The van der Waals surface area contributed by atoms with Gasteiger partial charge in [0.1, 0.15) is 5.82 Å². The van der Waals surface area contributed by atoms with Crippen molar-refractivity contribution < 1.29 is 9.18 Å². The molecule has 1 amide bonds. The quantitative estimate of drug-likeness (QED) is 0.725. The molecule has 0 saturated carbocycles. The Morgan fingerprint density at radius 1 is 1.29 bits per heavy atom. The van der Waals surface area contributed by atoms with E-state index in [1.54, 1.807) is 12.1 Å². The first-order chi connectivity index (χ1) is 8.24. The molecule has 0 aliphatic heterocycles. The SMILES string of the molecule is CCCCCC(=O)NCCc1ccccc1F. The van der Waals surface area contributed by atoms with Gasteiger partial charge < -0.3 is 5.32 Å². The molecule has 0 bridgehead atoms. The highest BCUT2D eigenvalue weighted by Crippen LogP contribution is 2.06. The number of rotatable bonds is 7. The van der Waals surface area contributed by atoms with Gasteiger partial charge >= 0.3 is 0 Å². The maximum Gasteiger partial charge on any atom is 0.220 e. The van der Waals surface area contributed by atoms with Gasteiger partial charge in [0.25, 0.3) is 0 Å². The fraction of sp³-hybridized carbons (Fsp3) is 0.500. The molecule has 3 heteroatoms. The Balaban J connectivity index is 2.19. The summed E-state index contributed by atoms with van der Waals surface area (Å²) < 4.78 is 13.2. The van der Waals surface area contributed by atoms with Gasteiger partial charge in [0.15, 0.2) is 0 Å². The first-order valence-electron chi connectivity index (χ1n) is 6.24. The number of nitrogens with one attached hydrogen (secondary N) is 1. The number of unbranched alkanes of at least 4 members (excludes halogenated alkanes) is 2. The van der Waals surface area contributed by atoms with Crippen LogP contribution in [-0.2, 0) is 11.2 Å². The molecule has 0 atom stereocenters. The van der Waals surface area contributed by atoms with Crippen molar-refractivity contribution in [2.24, 2.45) is 0 Å². The third-order valence-electron chi connectivity index (χ3n) is 2.68. The monoisotopic (exact) mass is 237 g/mol. The summed E-state index contributed by atoms with van der Waals surface area (Å²) in [6, 6.07) is 6.67. The van der Waals surface area contributed by atoms with Crippen LogP contribution in [0.15, 0.2) is 24.3 Å². The van der Waals surface area contributed by atoms with Gasteiger partial charge in [-0.3, -0.25) is 4.79 Å². The van der Waals surface area contributed by atoms with E-state index in [0.29, 0.717) is 24.9 Å². The van der Waals surface area contributed by atoms with Crippen molar-refractivity contribution in [1.82, 2.24) is 5.32 Å². The molecule has 1 aromatic carbocycles. The van der Waals surface area contributed by atoms with Crippen LogP contribution in [0.5, 0.6) is 0 Å². The number of amides is 1. The van der Waals surface area contributed by atoms with Crippen LogP contribution in [0.25, 0.3) is 0 Å². The Bertz CT molecular complexity index is 352. The Morgan fingerprint density at radius 2 is 2.06 bits per heavy atom. The molecular weight excluding hydrogens is 217 g/mol. The maximum atomic E-state index is 13.2. The van der Waals surface area contributed by atoms with Crippen LogP contribution in [0, 0.1) is 5.82 Å². The molecule has 0 fully saturated rings.